The summed E-state index contributed by atoms with van der Waals surface area (Å²) < 4.78 is 5.62. The van der Waals surface area contributed by atoms with Crippen LogP contribution in [0.4, 0.5) is 11.4 Å². The van der Waals surface area contributed by atoms with Crippen LogP contribution in [-0.2, 0) is 17.6 Å². The van der Waals surface area contributed by atoms with E-state index in [1.54, 1.807) is 19.2 Å². The van der Waals surface area contributed by atoms with Crippen LogP contribution in [0.15, 0.2) is 42.5 Å². The van der Waals surface area contributed by atoms with Gasteiger partial charge < -0.3 is 14.5 Å². The van der Waals surface area contributed by atoms with Crippen molar-refractivity contribution in [1.29, 1.82) is 0 Å². The first-order valence-corrected chi connectivity index (χ1v) is 12.3. The summed E-state index contributed by atoms with van der Waals surface area (Å²) in [4.78, 5) is 28.3. The van der Waals surface area contributed by atoms with Crippen molar-refractivity contribution in [3.63, 3.8) is 0 Å². The Balaban J connectivity index is 0.00000190. The quantitative estimate of drug-likeness (QED) is 0.483. The zero-order chi connectivity index (χ0) is 24.5. The second-order valence-corrected chi connectivity index (χ2v) is 9.93. The monoisotopic (exact) mass is 511 g/mol. The van der Waals surface area contributed by atoms with Crippen molar-refractivity contribution in [3.8, 4) is 5.75 Å². The first-order valence-electron chi connectivity index (χ1n) is 12.3. The predicted molar refractivity (Wildman–Crippen MR) is 147 cm³/mol. The second-order valence-electron chi connectivity index (χ2n) is 9.93. The van der Waals surface area contributed by atoms with Crippen LogP contribution in [0.5, 0.6) is 5.75 Å². The molecule has 2 fully saturated rings. The molecule has 2 aliphatic heterocycles. The summed E-state index contributed by atoms with van der Waals surface area (Å²) in [5.41, 5.74) is 6.90. The van der Waals surface area contributed by atoms with Gasteiger partial charge in [-0.2, -0.15) is 0 Å². The Morgan fingerprint density at radius 2 is 1.76 bits per heavy atom. The lowest BCUT2D eigenvalue weighted by Crippen LogP contribution is -2.58. The topological polar surface area (TPSA) is 91.2 Å². The third kappa shape index (κ3) is 5.88. The van der Waals surface area contributed by atoms with E-state index in [4.69, 9.17) is 4.74 Å². The minimum Gasteiger partial charge on any atom is -0.496 e. The highest BCUT2D eigenvalue weighted by atomic mass is 16.6. The molecule has 2 heterocycles. The van der Waals surface area contributed by atoms with Crippen LogP contribution in [0.25, 0.3) is 0 Å². The highest BCUT2D eigenvalue weighted by Gasteiger charge is 2.41. The van der Waals surface area contributed by atoms with Gasteiger partial charge in [0.25, 0.3) is 5.69 Å². The average Bonchev–Trinajstić information content (AvgIpc) is 2.87. The Labute approximate surface area is 220 Å². The number of ether oxygens (including phenoxy) is 1. The van der Waals surface area contributed by atoms with Gasteiger partial charge in [-0.15, -0.1) is 0 Å². The standard InChI is InChI=1S/C26H33N5O4.2CH4/c1-28-17-20(14-19-15-23-18(16-24(19)28)4-3-5-25(23)35-2)26(32)27-30-12-10-29(11-13-30)21-6-8-22(9-7-21)31(33)34;;/h3-9,19-20,24H,10-17H2,1-2H3,(H,27,32);2*1H4/t19-,20-,24-;;/m1../s1. The number of rotatable bonds is 5. The van der Waals surface area contributed by atoms with Crippen LogP contribution in [0, 0.1) is 22.0 Å². The molecule has 3 aliphatic rings. The number of nitrogens with one attached hydrogen (secondary N) is 1. The second kappa shape index (κ2) is 11.9. The molecule has 2 aromatic carbocycles. The van der Waals surface area contributed by atoms with Gasteiger partial charge in [0.15, 0.2) is 0 Å². The number of piperazine rings is 1. The fourth-order valence-corrected chi connectivity index (χ4v) is 5.99. The van der Waals surface area contributed by atoms with Crippen molar-refractivity contribution in [2.45, 2.75) is 40.2 Å². The number of benzene rings is 2. The molecule has 0 radical (unpaired) electrons. The lowest BCUT2D eigenvalue weighted by atomic mass is 9.72. The van der Waals surface area contributed by atoms with E-state index < -0.39 is 0 Å². The molecule has 3 atom stereocenters. The van der Waals surface area contributed by atoms with Gasteiger partial charge in [-0.1, -0.05) is 27.0 Å². The SMILES string of the molecule is C.C.COc1cccc2c1C[C@H]1C[C@@H](C(=O)NN3CCN(c4ccc([N+](=O)[O-])cc4)CC3)CN(C)[C@@H]1C2. The summed E-state index contributed by atoms with van der Waals surface area (Å²) in [6, 6.07) is 13.4. The van der Waals surface area contributed by atoms with Gasteiger partial charge in [-0.25, -0.2) is 5.01 Å². The molecule has 2 aromatic rings. The maximum absolute atomic E-state index is 13.2. The number of nitro groups is 1. The predicted octanol–water partition coefficient (Wildman–Crippen LogP) is 3.76. The maximum atomic E-state index is 13.2. The van der Waals surface area contributed by atoms with Crippen molar-refractivity contribution in [1.82, 2.24) is 15.3 Å². The number of likely N-dealkylation sites (tertiary alicyclic amines) is 1. The molecule has 2 saturated heterocycles. The van der Waals surface area contributed by atoms with Crippen LogP contribution in [-0.4, -0.2) is 73.7 Å². The van der Waals surface area contributed by atoms with E-state index in [1.165, 1.54) is 23.3 Å². The number of non-ortho nitro benzene ring substituents is 1. The number of methoxy groups -OCH3 is 1. The Kier molecular flexibility index (Phi) is 9.15. The average molecular weight is 512 g/mol. The van der Waals surface area contributed by atoms with E-state index in [2.05, 4.69) is 34.4 Å². The molecule has 0 bridgehead atoms. The molecule has 0 saturated carbocycles. The summed E-state index contributed by atoms with van der Waals surface area (Å²) in [6.07, 6.45) is 2.85. The van der Waals surface area contributed by atoms with E-state index in [-0.39, 0.29) is 37.3 Å². The number of hydrazine groups is 1. The number of carbonyl (C=O) groups excluding carboxylic acids is 1. The van der Waals surface area contributed by atoms with Crippen molar-refractivity contribution in [3.05, 3.63) is 63.7 Å². The Hall–Kier alpha value is -3.17. The third-order valence-corrected chi connectivity index (χ3v) is 7.90. The van der Waals surface area contributed by atoms with Crippen LogP contribution >= 0.6 is 0 Å². The molecule has 0 aromatic heterocycles. The van der Waals surface area contributed by atoms with Crippen molar-refractivity contribution in [2.75, 3.05) is 51.8 Å². The highest BCUT2D eigenvalue weighted by molar-refractivity contribution is 5.78. The number of hydrogen-bond donors (Lipinski definition) is 1. The van der Waals surface area contributed by atoms with Crippen LogP contribution < -0.4 is 15.1 Å². The van der Waals surface area contributed by atoms with E-state index >= 15 is 0 Å². The van der Waals surface area contributed by atoms with Gasteiger partial charge in [0.05, 0.1) is 18.0 Å². The number of piperidine rings is 1. The summed E-state index contributed by atoms with van der Waals surface area (Å²) >= 11 is 0. The molecule has 9 heteroatoms. The van der Waals surface area contributed by atoms with Crippen molar-refractivity contribution in [2.24, 2.45) is 11.8 Å². The zero-order valence-electron chi connectivity index (χ0n) is 20.4. The summed E-state index contributed by atoms with van der Waals surface area (Å²) in [7, 11) is 3.87. The van der Waals surface area contributed by atoms with Crippen molar-refractivity contribution >= 4 is 17.3 Å². The van der Waals surface area contributed by atoms with Crippen LogP contribution in [0.2, 0.25) is 0 Å². The molecular weight excluding hydrogens is 470 g/mol. The smallest absolute Gasteiger partial charge is 0.269 e. The fourth-order valence-electron chi connectivity index (χ4n) is 5.99. The van der Waals surface area contributed by atoms with Gasteiger partial charge in [0.1, 0.15) is 5.75 Å². The number of nitrogens with zero attached hydrogens (tertiary/aromatic N) is 4. The van der Waals surface area contributed by atoms with Gasteiger partial charge in [-0.3, -0.25) is 20.3 Å². The third-order valence-electron chi connectivity index (χ3n) is 7.90. The minimum absolute atomic E-state index is 0. The summed E-state index contributed by atoms with van der Waals surface area (Å²) in [6.45, 7) is 3.70. The lowest BCUT2D eigenvalue weighted by molar-refractivity contribution is -0.384. The number of likely N-dealkylation sites (N-methyl/N-ethyl adjacent to an activating group) is 1. The molecule has 202 valence electrons. The molecule has 1 amide bonds. The molecule has 1 aliphatic carbocycles. The van der Waals surface area contributed by atoms with Gasteiger partial charge >= 0.3 is 0 Å². The minimum atomic E-state index is -0.384. The molecule has 37 heavy (non-hydrogen) atoms. The number of amides is 1. The molecular formula is C28H41N5O4. The number of carbonyl (C=O) groups is 1. The van der Waals surface area contributed by atoms with Crippen LogP contribution in [0.1, 0.15) is 32.4 Å². The molecule has 0 unspecified atom stereocenters. The molecule has 9 nitrogen and oxygen atoms in total. The highest BCUT2D eigenvalue weighted by Crippen LogP contribution is 2.39. The van der Waals surface area contributed by atoms with E-state index in [9.17, 15) is 14.9 Å². The number of anilines is 1. The largest absolute Gasteiger partial charge is 0.496 e. The zero-order valence-corrected chi connectivity index (χ0v) is 20.4. The first kappa shape index (κ1) is 28.4. The van der Waals surface area contributed by atoms with E-state index in [0.717, 1.165) is 50.3 Å². The first-order chi connectivity index (χ1) is 16.9. The van der Waals surface area contributed by atoms with E-state index in [1.807, 2.05) is 11.1 Å². The molecule has 5 rings (SSSR count). The van der Waals surface area contributed by atoms with Gasteiger partial charge in [0.2, 0.25) is 5.91 Å². The van der Waals surface area contributed by atoms with Gasteiger partial charge in [0, 0.05) is 56.6 Å². The normalized spacial score (nSPS) is 23.5. The van der Waals surface area contributed by atoms with Crippen molar-refractivity contribution < 1.29 is 14.5 Å². The number of nitro benzene ring substituents is 1. The van der Waals surface area contributed by atoms with Crippen LogP contribution in [0.3, 0.4) is 0 Å². The van der Waals surface area contributed by atoms with E-state index in [0.29, 0.717) is 25.0 Å². The Morgan fingerprint density at radius 3 is 2.41 bits per heavy atom. The number of fused-ring (bicyclic) bond motifs is 2. The number of hydrogen-bond acceptors (Lipinski definition) is 7. The summed E-state index contributed by atoms with van der Waals surface area (Å²) in [5, 5.41) is 12.9. The molecule has 1 N–H and O–H groups in total. The molecule has 0 spiro atoms. The summed E-state index contributed by atoms with van der Waals surface area (Å²) in [5.74, 6) is 1.46. The Bertz CT molecular complexity index is 1080. The van der Waals surface area contributed by atoms with Gasteiger partial charge in [-0.05, 0) is 61.6 Å². The fraction of sp³-hybridized carbons (Fsp3) is 0.536. The maximum Gasteiger partial charge on any atom is 0.269 e. The lowest BCUT2D eigenvalue weighted by Gasteiger charge is -2.46. The Morgan fingerprint density at radius 1 is 1.05 bits per heavy atom.